The molecule has 0 saturated heterocycles. The maximum Gasteiger partial charge on any atom is 0.573 e. The lowest BCUT2D eigenvalue weighted by Crippen LogP contribution is -2.23. The first-order valence-corrected chi connectivity index (χ1v) is 7.41. The number of benzene rings is 2. The zero-order chi connectivity index (χ0) is 18.3. The van der Waals surface area contributed by atoms with Gasteiger partial charge in [-0.3, -0.25) is 4.99 Å². The molecule has 25 heavy (non-hydrogen) atoms. The molecule has 134 valence electrons. The molecule has 2 aromatic rings. The summed E-state index contributed by atoms with van der Waals surface area (Å²) in [7, 11) is 1.60. The average Bonchev–Trinajstić information content (AvgIpc) is 2.55. The van der Waals surface area contributed by atoms with Crippen LogP contribution in [0.25, 0.3) is 0 Å². The highest BCUT2D eigenvalue weighted by atomic mass is 19.4. The van der Waals surface area contributed by atoms with Crippen molar-refractivity contribution in [2.75, 3.05) is 19.0 Å². The van der Waals surface area contributed by atoms with E-state index in [1.165, 1.54) is 24.3 Å². The van der Waals surface area contributed by atoms with Gasteiger partial charge < -0.3 is 20.5 Å². The van der Waals surface area contributed by atoms with Crippen LogP contribution in [0.4, 0.5) is 18.9 Å². The van der Waals surface area contributed by atoms with Crippen molar-refractivity contribution in [3.05, 3.63) is 54.1 Å². The molecule has 0 aliphatic carbocycles. The van der Waals surface area contributed by atoms with Crippen molar-refractivity contribution in [2.24, 2.45) is 10.7 Å². The fourth-order valence-corrected chi connectivity index (χ4v) is 2.06. The Morgan fingerprint density at radius 2 is 1.84 bits per heavy atom. The third-order valence-corrected chi connectivity index (χ3v) is 3.18. The molecule has 0 aliphatic heterocycles. The largest absolute Gasteiger partial charge is 0.573 e. The van der Waals surface area contributed by atoms with Crippen LogP contribution in [0.1, 0.15) is 5.56 Å². The molecule has 0 amide bonds. The SMILES string of the molecule is COc1cccc(CCN=C(N)Nc2ccc(OC(F)(F)F)cc2)c1. The van der Waals surface area contributed by atoms with Gasteiger partial charge in [-0.05, 0) is 48.4 Å². The van der Waals surface area contributed by atoms with Crippen molar-refractivity contribution < 1.29 is 22.6 Å². The second-order valence-electron chi connectivity index (χ2n) is 5.07. The van der Waals surface area contributed by atoms with Crippen LogP contribution < -0.4 is 20.5 Å². The third kappa shape index (κ3) is 6.62. The number of nitrogens with zero attached hydrogens (tertiary/aromatic N) is 1. The summed E-state index contributed by atoms with van der Waals surface area (Å²) in [6.07, 6.45) is -4.03. The molecule has 0 bridgehead atoms. The number of hydrogen-bond acceptors (Lipinski definition) is 3. The van der Waals surface area contributed by atoms with Crippen LogP contribution in [-0.4, -0.2) is 26.0 Å². The van der Waals surface area contributed by atoms with E-state index < -0.39 is 6.36 Å². The predicted octanol–water partition coefficient (Wildman–Crippen LogP) is 3.56. The van der Waals surface area contributed by atoms with Gasteiger partial charge in [0.1, 0.15) is 11.5 Å². The van der Waals surface area contributed by atoms with Gasteiger partial charge in [-0.2, -0.15) is 0 Å². The van der Waals surface area contributed by atoms with Gasteiger partial charge in [0.05, 0.1) is 7.11 Å². The van der Waals surface area contributed by atoms with E-state index in [4.69, 9.17) is 10.5 Å². The number of anilines is 1. The topological polar surface area (TPSA) is 68.9 Å². The second-order valence-corrected chi connectivity index (χ2v) is 5.07. The van der Waals surface area contributed by atoms with Crippen molar-refractivity contribution in [2.45, 2.75) is 12.8 Å². The number of ether oxygens (including phenoxy) is 2. The molecule has 0 atom stereocenters. The predicted molar refractivity (Wildman–Crippen MR) is 89.9 cm³/mol. The van der Waals surface area contributed by atoms with Gasteiger partial charge in [0, 0.05) is 12.2 Å². The van der Waals surface area contributed by atoms with E-state index in [2.05, 4.69) is 15.0 Å². The normalized spacial score (nSPS) is 11.9. The van der Waals surface area contributed by atoms with E-state index in [1.54, 1.807) is 7.11 Å². The van der Waals surface area contributed by atoms with E-state index in [1.807, 2.05) is 24.3 Å². The number of nitrogens with two attached hydrogens (primary N) is 1. The van der Waals surface area contributed by atoms with Crippen LogP contribution >= 0.6 is 0 Å². The summed E-state index contributed by atoms with van der Waals surface area (Å²) in [4.78, 5) is 4.18. The molecule has 8 heteroatoms. The van der Waals surface area contributed by atoms with Crippen LogP contribution in [0.15, 0.2) is 53.5 Å². The molecule has 0 unspecified atom stereocenters. The van der Waals surface area contributed by atoms with Gasteiger partial charge in [-0.1, -0.05) is 12.1 Å². The van der Waals surface area contributed by atoms with Crippen LogP contribution in [0.3, 0.4) is 0 Å². The molecular weight excluding hydrogens is 335 g/mol. The summed E-state index contributed by atoms with van der Waals surface area (Å²) in [5.41, 5.74) is 7.34. The Morgan fingerprint density at radius 1 is 1.12 bits per heavy atom. The number of rotatable bonds is 6. The fraction of sp³-hybridized carbons (Fsp3) is 0.235. The summed E-state index contributed by atoms with van der Waals surface area (Å²) in [5.74, 6) is 0.646. The molecule has 2 aromatic carbocycles. The molecular formula is C17H18F3N3O2. The van der Waals surface area contributed by atoms with Gasteiger partial charge in [0.25, 0.3) is 0 Å². The number of hydrogen-bond donors (Lipinski definition) is 2. The van der Waals surface area contributed by atoms with E-state index >= 15 is 0 Å². The highest BCUT2D eigenvalue weighted by Crippen LogP contribution is 2.23. The zero-order valence-electron chi connectivity index (χ0n) is 13.5. The van der Waals surface area contributed by atoms with Crippen LogP contribution in [-0.2, 0) is 6.42 Å². The van der Waals surface area contributed by atoms with Crippen LogP contribution in [0.2, 0.25) is 0 Å². The zero-order valence-corrected chi connectivity index (χ0v) is 13.5. The van der Waals surface area contributed by atoms with Crippen LogP contribution in [0, 0.1) is 0 Å². The molecule has 0 radical (unpaired) electrons. The Morgan fingerprint density at radius 3 is 2.48 bits per heavy atom. The third-order valence-electron chi connectivity index (χ3n) is 3.18. The summed E-state index contributed by atoms with van der Waals surface area (Å²) in [5, 5.41) is 2.81. The highest BCUT2D eigenvalue weighted by molar-refractivity contribution is 5.92. The molecule has 0 saturated carbocycles. The molecule has 0 aliphatic rings. The number of methoxy groups -OCH3 is 1. The summed E-state index contributed by atoms with van der Waals surface area (Å²) < 4.78 is 45.2. The number of nitrogens with one attached hydrogen (secondary N) is 1. The first-order chi connectivity index (χ1) is 11.9. The minimum Gasteiger partial charge on any atom is -0.497 e. The smallest absolute Gasteiger partial charge is 0.497 e. The first-order valence-electron chi connectivity index (χ1n) is 7.41. The Kier molecular flexibility index (Phi) is 6.10. The van der Waals surface area contributed by atoms with Crippen molar-refractivity contribution in [1.29, 1.82) is 0 Å². The van der Waals surface area contributed by atoms with Crippen LogP contribution in [0.5, 0.6) is 11.5 Å². The van der Waals surface area contributed by atoms with Crippen molar-refractivity contribution >= 4 is 11.6 Å². The molecule has 2 rings (SSSR count). The molecule has 3 N–H and O–H groups in total. The fourth-order valence-electron chi connectivity index (χ4n) is 2.06. The van der Waals surface area contributed by atoms with E-state index in [0.29, 0.717) is 18.7 Å². The minimum absolute atomic E-state index is 0.174. The average molecular weight is 353 g/mol. The quantitative estimate of drug-likeness (QED) is 0.615. The lowest BCUT2D eigenvalue weighted by molar-refractivity contribution is -0.274. The van der Waals surface area contributed by atoms with Gasteiger partial charge >= 0.3 is 6.36 Å². The van der Waals surface area contributed by atoms with Crippen molar-refractivity contribution in [3.8, 4) is 11.5 Å². The molecule has 0 heterocycles. The lowest BCUT2D eigenvalue weighted by atomic mass is 10.1. The minimum atomic E-state index is -4.71. The number of alkyl halides is 3. The number of guanidine groups is 1. The maximum absolute atomic E-state index is 12.1. The Labute approximate surface area is 143 Å². The standard InChI is InChI=1S/C17H18F3N3O2/c1-24-15-4-2-3-12(11-15)9-10-22-16(21)23-13-5-7-14(8-6-13)25-17(18,19)20/h2-8,11H,9-10H2,1H3,(H3,21,22,23). The number of halogens is 3. The molecule has 5 nitrogen and oxygen atoms in total. The van der Waals surface area contributed by atoms with E-state index in [9.17, 15) is 13.2 Å². The van der Waals surface area contributed by atoms with Gasteiger partial charge in [0.15, 0.2) is 5.96 Å². The number of aliphatic imine (C=N–C) groups is 1. The van der Waals surface area contributed by atoms with Gasteiger partial charge in [0.2, 0.25) is 0 Å². The Balaban J connectivity index is 1.86. The molecule has 0 fully saturated rings. The monoisotopic (exact) mass is 353 g/mol. The Bertz CT molecular complexity index is 716. The summed E-state index contributed by atoms with van der Waals surface area (Å²) >= 11 is 0. The summed E-state index contributed by atoms with van der Waals surface area (Å²) in [6, 6.07) is 12.9. The summed E-state index contributed by atoms with van der Waals surface area (Å²) in [6.45, 7) is 0.460. The van der Waals surface area contributed by atoms with Gasteiger partial charge in [-0.15, -0.1) is 13.2 Å². The van der Waals surface area contributed by atoms with E-state index in [0.717, 1.165) is 11.3 Å². The maximum atomic E-state index is 12.1. The highest BCUT2D eigenvalue weighted by Gasteiger charge is 2.30. The van der Waals surface area contributed by atoms with Crippen molar-refractivity contribution in [1.82, 2.24) is 0 Å². The second kappa shape index (κ2) is 8.27. The van der Waals surface area contributed by atoms with Gasteiger partial charge in [-0.25, -0.2) is 0 Å². The van der Waals surface area contributed by atoms with Crippen molar-refractivity contribution in [3.63, 3.8) is 0 Å². The first kappa shape index (κ1) is 18.4. The molecule has 0 spiro atoms. The lowest BCUT2D eigenvalue weighted by Gasteiger charge is -2.10. The Hall–Kier alpha value is -2.90. The molecule has 0 aromatic heterocycles. The van der Waals surface area contributed by atoms with E-state index in [-0.39, 0.29) is 11.7 Å².